The zero-order valence-electron chi connectivity index (χ0n) is 12.4. The molecule has 1 aromatic carbocycles. The predicted octanol–water partition coefficient (Wildman–Crippen LogP) is -0.935. The van der Waals surface area contributed by atoms with E-state index in [0.717, 1.165) is 0 Å². The summed E-state index contributed by atoms with van der Waals surface area (Å²) in [7, 11) is 0. The van der Waals surface area contributed by atoms with E-state index >= 15 is 0 Å². The van der Waals surface area contributed by atoms with Gasteiger partial charge in [0.2, 0.25) is 11.8 Å². The number of carbonyl (C=O) groups is 3. The van der Waals surface area contributed by atoms with Crippen molar-refractivity contribution in [3.8, 4) is 0 Å². The van der Waals surface area contributed by atoms with Gasteiger partial charge < -0.3 is 16.0 Å². The normalized spacial score (nSPS) is 21.0. The molecular formula is C15H17N5O3. The molecule has 3 N–H and O–H groups in total. The van der Waals surface area contributed by atoms with Crippen LogP contribution in [0.2, 0.25) is 0 Å². The first-order valence-corrected chi connectivity index (χ1v) is 7.33. The fraction of sp³-hybridized carbons (Fsp3) is 0.333. The van der Waals surface area contributed by atoms with Gasteiger partial charge in [0.1, 0.15) is 11.8 Å². The molecule has 1 aromatic rings. The fourth-order valence-corrected chi connectivity index (χ4v) is 2.67. The van der Waals surface area contributed by atoms with Crippen LogP contribution in [0.1, 0.15) is 6.42 Å². The molecule has 0 radical (unpaired) electrons. The molecular weight excluding hydrogens is 298 g/mol. The third-order valence-corrected chi connectivity index (χ3v) is 3.83. The molecule has 0 saturated carbocycles. The summed E-state index contributed by atoms with van der Waals surface area (Å²) in [5, 5.41) is 8.42. The summed E-state index contributed by atoms with van der Waals surface area (Å²) in [6, 6.07) is 8.37. The Morgan fingerprint density at radius 3 is 2.65 bits per heavy atom. The number of primary amides is 1. The van der Waals surface area contributed by atoms with Crippen LogP contribution in [0.3, 0.4) is 0 Å². The Morgan fingerprint density at radius 1 is 1.26 bits per heavy atom. The van der Waals surface area contributed by atoms with Crippen LogP contribution in [-0.4, -0.2) is 54.0 Å². The van der Waals surface area contributed by atoms with Crippen molar-refractivity contribution in [2.45, 2.75) is 12.5 Å². The molecule has 120 valence electrons. The molecule has 1 atom stereocenters. The lowest BCUT2D eigenvalue weighted by molar-refractivity contribution is -0.133. The molecule has 1 fully saturated rings. The molecule has 2 aliphatic rings. The van der Waals surface area contributed by atoms with E-state index in [-0.39, 0.29) is 30.5 Å². The maximum absolute atomic E-state index is 12.5. The van der Waals surface area contributed by atoms with Crippen molar-refractivity contribution in [3.05, 3.63) is 30.3 Å². The van der Waals surface area contributed by atoms with Crippen molar-refractivity contribution >= 4 is 29.1 Å². The molecule has 1 saturated heterocycles. The van der Waals surface area contributed by atoms with Gasteiger partial charge in [-0.15, -0.1) is 0 Å². The lowest BCUT2D eigenvalue weighted by Gasteiger charge is -2.26. The molecule has 3 amide bonds. The van der Waals surface area contributed by atoms with E-state index in [0.29, 0.717) is 18.8 Å². The Balaban J connectivity index is 1.84. The standard InChI is InChI=1S/C15H17N5O3/c16-14(22)12-8-11(15(23)19-7-6-17-13(21)9-19)18-20(12)10-4-2-1-3-5-10/h1-5,12H,6-9H2,(H2,16,22)(H,17,21)/t12-/m1/s1. The van der Waals surface area contributed by atoms with E-state index < -0.39 is 11.9 Å². The molecule has 23 heavy (non-hydrogen) atoms. The smallest absolute Gasteiger partial charge is 0.270 e. The van der Waals surface area contributed by atoms with Gasteiger partial charge in [-0.25, -0.2) is 0 Å². The van der Waals surface area contributed by atoms with Crippen molar-refractivity contribution in [2.24, 2.45) is 10.8 Å². The Kier molecular flexibility index (Phi) is 3.96. The second-order valence-electron chi connectivity index (χ2n) is 5.43. The van der Waals surface area contributed by atoms with Gasteiger partial charge >= 0.3 is 0 Å². The van der Waals surface area contributed by atoms with Crippen LogP contribution in [0.25, 0.3) is 0 Å². The van der Waals surface area contributed by atoms with E-state index in [1.165, 1.54) is 9.91 Å². The first kappa shape index (κ1) is 15.0. The quantitative estimate of drug-likeness (QED) is 0.751. The highest BCUT2D eigenvalue weighted by molar-refractivity contribution is 6.40. The zero-order valence-corrected chi connectivity index (χ0v) is 12.4. The van der Waals surface area contributed by atoms with Gasteiger partial charge in [0, 0.05) is 19.5 Å². The number of hydrogen-bond donors (Lipinski definition) is 2. The summed E-state index contributed by atoms with van der Waals surface area (Å²) in [6.07, 6.45) is 0.140. The number of nitrogens with one attached hydrogen (secondary N) is 1. The number of carbonyl (C=O) groups excluding carboxylic acids is 3. The van der Waals surface area contributed by atoms with Crippen molar-refractivity contribution < 1.29 is 14.4 Å². The summed E-state index contributed by atoms with van der Waals surface area (Å²) in [6.45, 7) is 0.847. The van der Waals surface area contributed by atoms with Crippen molar-refractivity contribution in [2.75, 3.05) is 24.6 Å². The predicted molar refractivity (Wildman–Crippen MR) is 83.5 cm³/mol. The lowest BCUT2D eigenvalue weighted by atomic mass is 10.1. The van der Waals surface area contributed by atoms with Gasteiger partial charge in [0.25, 0.3) is 5.91 Å². The zero-order chi connectivity index (χ0) is 16.4. The highest BCUT2D eigenvalue weighted by Crippen LogP contribution is 2.24. The van der Waals surface area contributed by atoms with Crippen LogP contribution in [0.15, 0.2) is 35.4 Å². The third kappa shape index (κ3) is 3.01. The van der Waals surface area contributed by atoms with Crippen LogP contribution in [0.4, 0.5) is 5.69 Å². The molecule has 8 nitrogen and oxygen atoms in total. The molecule has 0 bridgehead atoms. The second kappa shape index (κ2) is 6.07. The Hall–Kier alpha value is -2.90. The van der Waals surface area contributed by atoms with Gasteiger partial charge in [-0.05, 0) is 12.1 Å². The summed E-state index contributed by atoms with van der Waals surface area (Å²) >= 11 is 0. The largest absolute Gasteiger partial charge is 0.368 e. The number of nitrogens with zero attached hydrogens (tertiary/aromatic N) is 3. The van der Waals surface area contributed by atoms with E-state index in [1.807, 2.05) is 18.2 Å². The van der Waals surface area contributed by atoms with Crippen LogP contribution in [0.5, 0.6) is 0 Å². The lowest BCUT2D eigenvalue weighted by Crippen LogP contribution is -2.51. The van der Waals surface area contributed by atoms with E-state index in [2.05, 4.69) is 10.4 Å². The van der Waals surface area contributed by atoms with Gasteiger partial charge in [0.05, 0.1) is 12.2 Å². The topological polar surface area (TPSA) is 108 Å². The number of nitrogens with two attached hydrogens (primary N) is 1. The van der Waals surface area contributed by atoms with Crippen LogP contribution in [0, 0.1) is 0 Å². The number of benzene rings is 1. The molecule has 2 aliphatic heterocycles. The first-order chi connectivity index (χ1) is 11.1. The van der Waals surface area contributed by atoms with Gasteiger partial charge in [-0.3, -0.25) is 19.4 Å². The minimum atomic E-state index is -0.699. The SMILES string of the molecule is NC(=O)[C@H]1CC(C(=O)N2CCNC(=O)C2)=NN1c1ccccc1. The number of piperazine rings is 1. The first-order valence-electron chi connectivity index (χ1n) is 7.33. The molecule has 8 heteroatoms. The fourth-order valence-electron chi connectivity index (χ4n) is 2.67. The molecule has 3 rings (SSSR count). The van der Waals surface area contributed by atoms with Crippen LogP contribution < -0.4 is 16.1 Å². The molecule has 0 aliphatic carbocycles. The van der Waals surface area contributed by atoms with Crippen molar-refractivity contribution in [1.29, 1.82) is 0 Å². The summed E-state index contributed by atoms with van der Waals surface area (Å²) in [5.41, 5.74) is 6.38. The summed E-state index contributed by atoms with van der Waals surface area (Å²) in [5.74, 6) is -1.07. The van der Waals surface area contributed by atoms with Gasteiger partial charge in [-0.2, -0.15) is 5.10 Å². The number of hydrogen-bond acceptors (Lipinski definition) is 5. The highest BCUT2D eigenvalue weighted by atomic mass is 16.2. The summed E-state index contributed by atoms with van der Waals surface area (Å²) in [4.78, 5) is 37.1. The number of para-hydroxylation sites is 1. The molecule has 0 spiro atoms. The molecule has 2 heterocycles. The van der Waals surface area contributed by atoms with Gasteiger partial charge in [0.15, 0.2) is 0 Å². The Labute approximate surface area is 132 Å². The Bertz CT molecular complexity index is 673. The van der Waals surface area contributed by atoms with E-state index in [1.54, 1.807) is 12.1 Å². The number of hydrazone groups is 1. The van der Waals surface area contributed by atoms with Crippen LogP contribution >= 0.6 is 0 Å². The molecule has 0 unspecified atom stereocenters. The van der Waals surface area contributed by atoms with Crippen molar-refractivity contribution in [1.82, 2.24) is 10.2 Å². The number of anilines is 1. The highest BCUT2D eigenvalue weighted by Gasteiger charge is 2.37. The maximum Gasteiger partial charge on any atom is 0.270 e. The average Bonchev–Trinajstić information content (AvgIpc) is 3.00. The van der Waals surface area contributed by atoms with E-state index in [9.17, 15) is 14.4 Å². The monoisotopic (exact) mass is 315 g/mol. The van der Waals surface area contributed by atoms with Crippen LogP contribution in [-0.2, 0) is 14.4 Å². The average molecular weight is 315 g/mol. The Morgan fingerprint density at radius 2 is 2.00 bits per heavy atom. The number of rotatable bonds is 3. The third-order valence-electron chi connectivity index (χ3n) is 3.83. The molecule has 0 aromatic heterocycles. The van der Waals surface area contributed by atoms with Crippen molar-refractivity contribution in [3.63, 3.8) is 0 Å². The number of amides is 3. The van der Waals surface area contributed by atoms with E-state index in [4.69, 9.17) is 5.73 Å². The minimum absolute atomic E-state index is 0.00439. The van der Waals surface area contributed by atoms with Gasteiger partial charge in [-0.1, -0.05) is 18.2 Å². The second-order valence-corrected chi connectivity index (χ2v) is 5.43. The summed E-state index contributed by atoms with van der Waals surface area (Å²) < 4.78 is 0. The maximum atomic E-state index is 12.5. The minimum Gasteiger partial charge on any atom is -0.368 e.